The van der Waals surface area contributed by atoms with E-state index in [1.165, 1.54) is 19.3 Å². The van der Waals surface area contributed by atoms with Gasteiger partial charge in [-0.3, -0.25) is 4.90 Å². The average molecular weight is 158 g/mol. The van der Waals surface area contributed by atoms with Crippen molar-refractivity contribution < 1.29 is 5.11 Å². The number of nitrogens with two attached hydrogens (primary N) is 1. The van der Waals surface area contributed by atoms with Crippen LogP contribution < -0.4 is 5.73 Å². The van der Waals surface area contributed by atoms with Gasteiger partial charge in [-0.05, 0) is 19.4 Å². The Hall–Kier alpha value is -0.120. The standard InChI is InChI=1S/C8H18N2O/c9-7-8-3-1-2-4-10(8)5-6-11/h8,11H,1-7,9H2/t8-/m0/s1. The van der Waals surface area contributed by atoms with Gasteiger partial charge < -0.3 is 10.8 Å². The van der Waals surface area contributed by atoms with Crippen molar-refractivity contribution in [1.82, 2.24) is 4.90 Å². The summed E-state index contributed by atoms with van der Waals surface area (Å²) in [6.45, 7) is 2.90. The van der Waals surface area contributed by atoms with Crippen LogP contribution in [-0.2, 0) is 0 Å². The lowest BCUT2D eigenvalue weighted by Gasteiger charge is -2.34. The molecule has 0 aromatic rings. The predicted molar refractivity (Wildman–Crippen MR) is 45.4 cm³/mol. The molecule has 11 heavy (non-hydrogen) atoms. The van der Waals surface area contributed by atoms with E-state index >= 15 is 0 Å². The minimum Gasteiger partial charge on any atom is -0.395 e. The fraction of sp³-hybridized carbons (Fsp3) is 1.00. The van der Waals surface area contributed by atoms with Gasteiger partial charge in [-0.15, -0.1) is 0 Å². The maximum Gasteiger partial charge on any atom is 0.0558 e. The van der Waals surface area contributed by atoms with E-state index < -0.39 is 0 Å². The normalized spacial score (nSPS) is 27.3. The van der Waals surface area contributed by atoms with Crippen molar-refractivity contribution in [2.45, 2.75) is 25.3 Å². The summed E-state index contributed by atoms with van der Waals surface area (Å²) in [5, 5.41) is 8.75. The quantitative estimate of drug-likeness (QED) is 0.597. The fourth-order valence-electron chi connectivity index (χ4n) is 1.75. The topological polar surface area (TPSA) is 49.5 Å². The molecule has 1 atom stereocenters. The summed E-state index contributed by atoms with van der Waals surface area (Å²) in [6.07, 6.45) is 3.76. The summed E-state index contributed by atoms with van der Waals surface area (Å²) in [4.78, 5) is 2.30. The molecule has 1 rings (SSSR count). The molecular weight excluding hydrogens is 140 g/mol. The van der Waals surface area contributed by atoms with E-state index in [1.54, 1.807) is 0 Å². The number of aliphatic hydroxyl groups excluding tert-OH is 1. The molecule has 66 valence electrons. The third-order valence-corrected chi connectivity index (χ3v) is 2.41. The fourth-order valence-corrected chi connectivity index (χ4v) is 1.75. The summed E-state index contributed by atoms with van der Waals surface area (Å²) >= 11 is 0. The minimum atomic E-state index is 0.260. The van der Waals surface area contributed by atoms with Gasteiger partial charge in [0.15, 0.2) is 0 Å². The Morgan fingerprint density at radius 1 is 1.45 bits per heavy atom. The van der Waals surface area contributed by atoms with Crippen LogP contribution in [0.3, 0.4) is 0 Å². The highest BCUT2D eigenvalue weighted by Crippen LogP contribution is 2.14. The number of piperidine rings is 1. The molecular formula is C8H18N2O. The molecule has 3 nitrogen and oxygen atoms in total. The van der Waals surface area contributed by atoms with Gasteiger partial charge in [-0.1, -0.05) is 6.42 Å². The highest BCUT2D eigenvalue weighted by atomic mass is 16.3. The average Bonchev–Trinajstić information content (AvgIpc) is 2.06. The first kappa shape index (κ1) is 8.97. The second kappa shape index (κ2) is 4.70. The van der Waals surface area contributed by atoms with Crippen molar-refractivity contribution in [3.8, 4) is 0 Å². The van der Waals surface area contributed by atoms with Crippen LogP contribution in [0.2, 0.25) is 0 Å². The van der Waals surface area contributed by atoms with Gasteiger partial charge in [-0.2, -0.15) is 0 Å². The molecule has 0 radical (unpaired) electrons. The number of β-amino-alcohol motifs (C(OH)–C–C–N with tert-alkyl or cyclic N) is 1. The molecule has 1 aliphatic rings. The van der Waals surface area contributed by atoms with Gasteiger partial charge >= 0.3 is 0 Å². The molecule has 0 amide bonds. The molecule has 0 unspecified atom stereocenters. The summed E-state index contributed by atoms with van der Waals surface area (Å²) < 4.78 is 0. The number of likely N-dealkylation sites (tertiary alicyclic amines) is 1. The van der Waals surface area contributed by atoms with E-state index in [0.717, 1.165) is 19.6 Å². The van der Waals surface area contributed by atoms with E-state index in [4.69, 9.17) is 10.8 Å². The van der Waals surface area contributed by atoms with Crippen LogP contribution in [0.25, 0.3) is 0 Å². The van der Waals surface area contributed by atoms with Crippen LogP contribution in [0.1, 0.15) is 19.3 Å². The summed E-state index contributed by atoms with van der Waals surface area (Å²) in [5.41, 5.74) is 5.60. The third kappa shape index (κ3) is 2.43. The third-order valence-electron chi connectivity index (χ3n) is 2.41. The Balaban J connectivity index is 2.31. The molecule has 1 heterocycles. The van der Waals surface area contributed by atoms with Crippen LogP contribution in [0.5, 0.6) is 0 Å². The zero-order valence-electron chi connectivity index (χ0n) is 7.00. The lowest BCUT2D eigenvalue weighted by Crippen LogP contribution is -2.45. The SMILES string of the molecule is NC[C@@H]1CCCCN1CCO. The summed E-state index contributed by atoms with van der Waals surface area (Å²) in [7, 11) is 0. The molecule has 3 heteroatoms. The lowest BCUT2D eigenvalue weighted by molar-refractivity contribution is 0.121. The Morgan fingerprint density at radius 2 is 2.27 bits per heavy atom. The van der Waals surface area contributed by atoms with Crippen LogP contribution in [0, 0.1) is 0 Å². The first-order valence-corrected chi connectivity index (χ1v) is 4.43. The number of aliphatic hydroxyl groups is 1. The molecule has 0 aromatic carbocycles. The van der Waals surface area contributed by atoms with Crippen LogP contribution in [-0.4, -0.2) is 42.3 Å². The summed E-state index contributed by atoms with van der Waals surface area (Å²) in [6, 6.07) is 0.524. The van der Waals surface area contributed by atoms with Gasteiger partial charge in [0.05, 0.1) is 6.61 Å². The first-order chi connectivity index (χ1) is 5.38. The largest absolute Gasteiger partial charge is 0.395 e. The second-order valence-corrected chi connectivity index (χ2v) is 3.14. The molecule has 0 aliphatic carbocycles. The van der Waals surface area contributed by atoms with E-state index in [2.05, 4.69) is 4.90 Å². The van der Waals surface area contributed by atoms with Crippen LogP contribution in [0.15, 0.2) is 0 Å². The molecule has 0 spiro atoms. The minimum absolute atomic E-state index is 0.260. The van der Waals surface area contributed by atoms with Gasteiger partial charge in [0.25, 0.3) is 0 Å². The van der Waals surface area contributed by atoms with Crippen molar-refractivity contribution in [2.75, 3.05) is 26.2 Å². The molecule has 0 bridgehead atoms. The number of hydrogen-bond acceptors (Lipinski definition) is 3. The van der Waals surface area contributed by atoms with Crippen molar-refractivity contribution >= 4 is 0 Å². The Labute approximate surface area is 68.2 Å². The second-order valence-electron chi connectivity index (χ2n) is 3.14. The zero-order valence-corrected chi connectivity index (χ0v) is 7.00. The van der Waals surface area contributed by atoms with Crippen LogP contribution in [0.4, 0.5) is 0 Å². The smallest absolute Gasteiger partial charge is 0.0558 e. The zero-order chi connectivity index (χ0) is 8.10. The maximum absolute atomic E-state index is 8.75. The predicted octanol–water partition coefficient (Wildman–Crippen LogP) is -0.208. The molecule has 1 saturated heterocycles. The van der Waals surface area contributed by atoms with E-state index in [0.29, 0.717) is 6.04 Å². The maximum atomic E-state index is 8.75. The van der Waals surface area contributed by atoms with Crippen LogP contribution >= 0.6 is 0 Å². The lowest BCUT2D eigenvalue weighted by atomic mass is 10.0. The summed E-state index contributed by atoms with van der Waals surface area (Å²) in [5.74, 6) is 0. The van der Waals surface area contributed by atoms with Crippen molar-refractivity contribution in [2.24, 2.45) is 5.73 Å². The van der Waals surface area contributed by atoms with E-state index in [-0.39, 0.29) is 6.61 Å². The number of hydrogen-bond donors (Lipinski definition) is 2. The Bertz CT molecular complexity index is 106. The molecule has 0 aromatic heterocycles. The number of rotatable bonds is 3. The van der Waals surface area contributed by atoms with Gasteiger partial charge in [-0.25, -0.2) is 0 Å². The first-order valence-electron chi connectivity index (χ1n) is 4.43. The van der Waals surface area contributed by atoms with E-state index in [1.807, 2.05) is 0 Å². The van der Waals surface area contributed by atoms with Gasteiger partial charge in [0.2, 0.25) is 0 Å². The van der Waals surface area contributed by atoms with Crippen molar-refractivity contribution in [1.29, 1.82) is 0 Å². The molecule has 0 saturated carbocycles. The van der Waals surface area contributed by atoms with Crippen molar-refractivity contribution in [3.63, 3.8) is 0 Å². The monoisotopic (exact) mass is 158 g/mol. The van der Waals surface area contributed by atoms with Gasteiger partial charge in [0.1, 0.15) is 0 Å². The Kier molecular flexibility index (Phi) is 3.83. The molecule has 3 N–H and O–H groups in total. The number of nitrogens with zero attached hydrogens (tertiary/aromatic N) is 1. The molecule has 1 fully saturated rings. The highest BCUT2D eigenvalue weighted by molar-refractivity contribution is 4.76. The Morgan fingerprint density at radius 3 is 2.91 bits per heavy atom. The highest BCUT2D eigenvalue weighted by Gasteiger charge is 2.19. The molecule has 1 aliphatic heterocycles. The van der Waals surface area contributed by atoms with Gasteiger partial charge in [0, 0.05) is 19.1 Å². The van der Waals surface area contributed by atoms with E-state index in [9.17, 15) is 0 Å². The van der Waals surface area contributed by atoms with Crippen molar-refractivity contribution in [3.05, 3.63) is 0 Å².